The van der Waals surface area contributed by atoms with Gasteiger partial charge in [0, 0.05) is 21.5 Å². The largest absolute Gasteiger partial charge is 0.308 e. The molecule has 0 atom stereocenters. The number of benzene rings is 7. The van der Waals surface area contributed by atoms with Crippen LogP contribution in [-0.4, -0.2) is 9.13 Å². The zero-order valence-corrected chi connectivity index (χ0v) is 31.8. The summed E-state index contributed by atoms with van der Waals surface area (Å²) < 4.78 is 4.62. The van der Waals surface area contributed by atoms with E-state index >= 15 is 0 Å². The average molecular weight is 698 g/mol. The molecule has 54 heavy (non-hydrogen) atoms. The lowest BCUT2D eigenvalue weighted by molar-refractivity contribution is 0.591. The Balaban J connectivity index is 1.36. The molecule has 9 rings (SSSR count). The van der Waals surface area contributed by atoms with Crippen molar-refractivity contribution in [3.8, 4) is 39.7 Å². The average Bonchev–Trinajstić information content (AvgIpc) is 3.68. The summed E-state index contributed by atoms with van der Waals surface area (Å²) in [5, 5.41) is 16.0. The van der Waals surface area contributed by atoms with Gasteiger partial charge in [-0.3, -0.25) is 0 Å². The van der Waals surface area contributed by atoms with E-state index < -0.39 is 0 Å². The van der Waals surface area contributed by atoms with Gasteiger partial charge < -0.3 is 9.13 Å². The molecule has 9 aromatic rings. The smallest absolute Gasteiger partial charge is 0.104 e. The number of aromatic nitrogens is 2. The zero-order chi connectivity index (χ0) is 37.4. The van der Waals surface area contributed by atoms with E-state index in [1.54, 1.807) is 0 Å². The third-order valence-corrected chi connectivity index (χ3v) is 11.1. The minimum absolute atomic E-state index is 0.00762. The Kier molecular flexibility index (Phi) is 7.66. The molecule has 0 amide bonds. The van der Waals surface area contributed by atoms with Crippen LogP contribution in [0.15, 0.2) is 152 Å². The number of hydrogen-bond acceptors (Lipinski definition) is 1. The Morgan fingerprint density at radius 3 is 1.20 bits per heavy atom. The number of fused-ring (bicyclic) bond motifs is 6. The molecule has 0 aliphatic rings. The van der Waals surface area contributed by atoms with Crippen LogP contribution in [0.4, 0.5) is 0 Å². The lowest BCUT2D eigenvalue weighted by atomic mass is 9.86. The van der Waals surface area contributed by atoms with Crippen molar-refractivity contribution < 1.29 is 0 Å². The highest BCUT2D eigenvalue weighted by atomic mass is 15.0. The molecule has 0 radical (unpaired) electrons. The van der Waals surface area contributed by atoms with E-state index in [4.69, 9.17) is 0 Å². The third kappa shape index (κ3) is 5.41. The molecule has 2 heterocycles. The number of nitrogens with zero attached hydrogens (tertiary/aromatic N) is 3. The molecule has 0 saturated carbocycles. The van der Waals surface area contributed by atoms with Crippen LogP contribution in [0.2, 0.25) is 0 Å². The molecule has 0 N–H and O–H groups in total. The van der Waals surface area contributed by atoms with E-state index in [9.17, 15) is 5.26 Å². The summed E-state index contributed by atoms with van der Waals surface area (Å²) in [6.07, 6.45) is 0. The first-order valence-electron chi connectivity index (χ1n) is 18.8. The molecule has 0 saturated heterocycles. The van der Waals surface area contributed by atoms with Crippen LogP contribution in [0.1, 0.15) is 58.2 Å². The van der Waals surface area contributed by atoms with Crippen molar-refractivity contribution in [3.05, 3.63) is 168 Å². The SMILES string of the molecule is CC(C)(C)c1ccc2c(c1)c1ccc(-c3ccccc3)cc1n2-c1cccc(-n2c3ccc(C(C)(C)C)cc3c3ccc(-c4ccccc4)cc32)c1C#N. The summed E-state index contributed by atoms with van der Waals surface area (Å²) in [5.74, 6) is 0. The fourth-order valence-electron chi connectivity index (χ4n) is 8.13. The van der Waals surface area contributed by atoms with Crippen LogP contribution in [0, 0.1) is 11.3 Å². The zero-order valence-electron chi connectivity index (χ0n) is 31.8. The summed E-state index contributed by atoms with van der Waals surface area (Å²) in [7, 11) is 0. The van der Waals surface area contributed by atoms with Gasteiger partial charge in [-0.2, -0.15) is 5.26 Å². The maximum atomic E-state index is 11.3. The predicted molar refractivity (Wildman–Crippen MR) is 228 cm³/mol. The lowest BCUT2D eigenvalue weighted by Crippen LogP contribution is -2.10. The molecule has 0 fully saturated rings. The molecule has 3 nitrogen and oxygen atoms in total. The van der Waals surface area contributed by atoms with Gasteiger partial charge in [-0.15, -0.1) is 0 Å². The summed E-state index contributed by atoms with van der Waals surface area (Å²) in [6, 6.07) is 57.3. The summed E-state index contributed by atoms with van der Waals surface area (Å²) in [4.78, 5) is 0. The normalized spacial score (nSPS) is 12.2. The van der Waals surface area contributed by atoms with Crippen LogP contribution < -0.4 is 0 Å². The van der Waals surface area contributed by atoms with E-state index in [0.29, 0.717) is 5.56 Å². The van der Waals surface area contributed by atoms with E-state index in [1.807, 2.05) is 0 Å². The Hall–Kier alpha value is -6.37. The quantitative estimate of drug-likeness (QED) is 0.180. The Bertz CT molecular complexity index is 2740. The molecule has 262 valence electrons. The highest BCUT2D eigenvalue weighted by molar-refractivity contribution is 6.12. The van der Waals surface area contributed by atoms with Crippen molar-refractivity contribution in [2.45, 2.75) is 52.4 Å². The van der Waals surface area contributed by atoms with Crippen LogP contribution in [0.5, 0.6) is 0 Å². The second-order valence-corrected chi connectivity index (χ2v) is 16.6. The van der Waals surface area contributed by atoms with Crippen LogP contribution in [-0.2, 0) is 10.8 Å². The highest BCUT2D eigenvalue weighted by Gasteiger charge is 2.24. The first-order valence-corrected chi connectivity index (χ1v) is 18.8. The molecular weight excluding hydrogens is 655 g/mol. The summed E-state index contributed by atoms with van der Waals surface area (Å²) in [5.41, 5.74) is 13.8. The van der Waals surface area contributed by atoms with Gasteiger partial charge in [-0.25, -0.2) is 0 Å². The van der Waals surface area contributed by atoms with E-state index in [0.717, 1.165) is 55.7 Å². The van der Waals surface area contributed by atoms with Crippen molar-refractivity contribution in [2.75, 3.05) is 0 Å². The minimum atomic E-state index is -0.00762. The van der Waals surface area contributed by atoms with Crippen molar-refractivity contribution in [2.24, 2.45) is 0 Å². The minimum Gasteiger partial charge on any atom is -0.308 e. The van der Waals surface area contributed by atoms with Gasteiger partial charge in [0.25, 0.3) is 0 Å². The van der Waals surface area contributed by atoms with Gasteiger partial charge in [0.2, 0.25) is 0 Å². The van der Waals surface area contributed by atoms with E-state index in [2.05, 4.69) is 208 Å². The highest BCUT2D eigenvalue weighted by Crippen LogP contribution is 2.41. The molecule has 0 aliphatic carbocycles. The summed E-state index contributed by atoms with van der Waals surface area (Å²) >= 11 is 0. The molecule has 0 unspecified atom stereocenters. The topological polar surface area (TPSA) is 33.6 Å². The number of rotatable bonds is 4. The second-order valence-electron chi connectivity index (χ2n) is 16.6. The van der Waals surface area contributed by atoms with E-state index in [1.165, 1.54) is 32.7 Å². The molecule has 0 bridgehead atoms. The van der Waals surface area contributed by atoms with Crippen LogP contribution in [0.3, 0.4) is 0 Å². The van der Waals surface area contributed by atoms with Crippen molar-refractivity contribution in [3.63, 3.8) is 0 Å². The lowest BCUT2D eigenvalue weighted by Gasteiger charge is -2.20. The standard InChI is InChI=1S/C51H43N3/c1-50(2,3)37-22-26-46-41(30-37)39-24-20-35(33-14-9-7-10-15-33)28-48(39)53(46)44-18-13-19-45(43(44)32-52)54-47-27-23-38(51(4,5)6)31-42(47)40-25-21-36(29-49(40)54)34-16-11-8-12-17-34/h7-31H,1-6H3. The Morgan fingerprint density at radius 1 is 0.389 bits per heavy atom. The van der Waals surface area contributed by atoms with Gasteiger partial charge in [-0.05, 0) is 92.7 Å². The third-order valence-electron chi connectivity index (χ3n) is 11.1. The number of hydrogen-bond donors (Lipinski definition) is 0. The fourth-order valence-corrected chi connectivity index (χ4v) is 8.13. The van der Waals surface area contributed by atoms with Gasteiger partial charge in [0.1, 0.15) is 11.6 Å². The molecule has 2 aromatic heterocycles. The second kappa shape index (κ2) is 12.4. The Morgan fingerprint density at radius 2 is 0.815 bits per heavy atom. The molecular formula is C51H43N3. The number of nitriles is 1. The molecule has 3 heteroatoms. The maximum absolute atomic E-state index is 11.3. The first kappa shape index (κ1) is 33.5. The van der Waals surface area contributed by atoms with Crippen molar-refractivity contribution in [1.82, 2.24) is 9.13 Å². The maximum Gasteiger partial charge on any atom is 0.104 e. The van der Waals surface area contributed by atoms with Gasteiger partial charge in [-0.1, -0.05) is 145 Å². The first-order chi connectivity index (χ1) is 26.0. The van der Waals surface area contributed by atoms with Crippen LogP contribution >= 0.6 is 0 Å². The van der Waals surface area contributed by atoms with Gasteiger partial charge >= 0.3 is 0 Å². The Labute approximate surface area is 317 Å². The molecule has 7 aromatic carbocycles. The monoisotopic (exact) mass is 697 g/mol. The fraction of sp³-hybridized carbons (Fsp3) is 0.157. The van der Waals surface area contributed by atoms with Gasteiger partial charge in [0.15, 0.2) is 0 Å². The summed E-state index contributed by atoms with van der Waals surface area (Å²) in [6.45, 7) is 13.6. The molecule has 0 spiro atoms. The van der Waals surface area contributed by atoms with E-state index in [-0.39, 0.29) is 10.8 Å². The van der Waals surface area contributed by atoms with Gasteiger partial charge in [0.05, 0.1) is 33.4 Å². The van der Waals surface area contributed by atoms with Crippen LogP contribution in [0.25, 0.3) is 77.2 Å². The predicted octanol–water partition coefficient (Wildman–Crippen LogP) is 13.7. The van der Waals surface area contributed by atoms with Crippen molar-refractivity contribution in [1.29, 1.82) is 5.26 Å². The molecule has 0 aliphatic heterocycles. The van der Waals surface area contributed by atoms with Crippen molar-refractivity contribution >= 4 is 43.6 Å².